The maximum atomic E-state index is 13.0. The van der Waals surface area contributed by atoms with Gasteiger partial charge in [-0.1, -0.05) is 0 Å². The van der Waals surface area contributed by atoms with E-state index in [-0.39, 0.29) is 30.6 Å². The van der Waals surface area contributed by atoms with Crippen molar-refractivity contribution in [1.29, 1.82) is 0 Å². The fourth-order valence-corrected chi connectivity index (χ4v) is 1.50. The maximum Gasteiger partial charge on any atom is 0.389 e. The van der Waals surface area contributed by atoms with E-state index in [9.17, 15) is 22.4 Å². The summed E-state index contributed by atoms with van der Waals surface area (Å²) >= 11 is 0. The number of rotatable bonds is 5. The average molecular weight is 278 g/mol. The number of carbonyl (C=O) groups excluding carboxylic acids is 1. The molecule has 7 heteroatoms. The number of nitrogens with one attached hydrogen (secondary N) is 1. The smallest absolute Gasteiger partial charge is 0.389 e. The standard InChI is InChI=1S/C12H14F4N2O/c13-9-5-8(6-10(17)7-9)11(19)18-4-2-1-3-12(14,15)16/h5-7H,1-4,17H2,(H,18,19). The molecule has 0 aromatic heterocycles. The highest BCUT2D eigenvalue weighted by molar-refractivity contribution is 5.95. The van der Waals surface area contributed by atoms with Gasteiger partial charge in [0.05, 0.1) is 0 Å². The molecule has 1 amide bonds. The van der Waals surface area contributed by atoms with E-state index in [2.05, 4.69) is 5.32 Å². The zero-order chi connectivity index (χ0) is 14.5. The minimum atomic E-state index is -4.18. The number of unbranched alkanes of at least 4 members (excludes halogenated alkanes) is 1. The Morgan fingerprint density at radius 3 is 2.47 bits per heavy atom. The van der Waals surface area contributed by atoms with Gasteiger partial charge in [0.15, 0.2) is 0 Å². The van der Waals surface area contributed by atoms with Crippen LogP contribution in [0.2, 0.25) is 0 Å². The van der Waals surface area contributed by atoms with Gasteiger partial charge in [0.1, 0.15) is 5.82 Å². The third kappa shape index (κ3) is 6.08. The summed E-state index contributed by atoms with van der Waals surface area (Å²) in [4.78, 5) is 11.6. The second-order valence-electron chi connectivity index (χ2n) is 4.10. The lowest BCUT2D eigenvalue weighted by Gasteiger charge is -2.07. The molecule has 0 heterocycles. The van der Waals surface area contributed by atoms with Gasteiger partial charge in [0.2, 0.25) is 0 Å². The molecule has 3 nitrogen and oxygen atoms in total. The van der Waals surface area contributed by atoms with E-state index in [1.54, 1.807) is 0 Å². The third-order valence-corrected chi connectivity index (χ3v) is 2.35. The van der Waals surface area contributed by atoms with Crippen molar-refractivity contribution >= 4 is 11.6 Å². The molecule has 3 N–H and O–H groups in total. The second kappa shape index (κ2) is 6.40. The van der Waals surface area contributed by atoms with Gasteiger partial charge in [-0.25, -0.2) is 4.39 Å². The van der Waals surface area contributed by atoms with Crippen molar-refractivity contribution in [1.82, 2.24) is 5.32 Å². The van der Waals surface area contributed by atoms with E-state index in [4.69, 9.17) is 5.73 Å². The highest BCUT2D eigenvalue weighted by Gasteiger charge is 2.25. The zero-order valence-electron chi connectivity index (χ0n) is 10.1. The summed E-state index contributed by atoms with van der Waals surface area (Å²) in [6, 6.07) is 3.38. The normalized spacial score (nSPS) is 11.4. The Balaban J connectivity index is 2.35. The lowest BCUT2D eigenvalue weighted by molar-refractivity contribution is -0.135. The van der Waals surface area contributed by atoms with Crippen LogP contribution >= 0.6 is 0 Å². The third-order valence-electron chi connectivity index (χ3n) is 2.35. The van der Waals surface area contributed by atoms with Crippen LogP contribution in [-0.4, -0.2) is 18.6 Å². The molecule has 0 unspecified atom stereocenters. The van der Waals surface area contributed by atoms with Crippen LogP contribution in [-0.2, 0) is 0 Å². The molecule has 0 saturated heterocycles. The highest BCUT2D eigenvalue weighted by Crippen LogP contribution is 2.21. The molecule has 1 aromatic rings. The number of carbonyl (C=O) groups is 1. The van der Waals surface area contributed by atoms with Crippen molar-refractivity contribution in [2.24, 2.45) is 0 Å². The van der Waals surface area contributed by atoms with Crippen molar-refractivity contribution in [2.45, 2.75) is 25.4 Å². The van der Waals surface area contributed by atoms with Crippen molar-refractivity contribution in [3.05, 3.63) is 29.6 Å². The fraction of sp³-hybridized carbons (Fsp3) is 0.417. The number of nitrogens with two attached hydrogens (primary N) is 1. The second-order valence-corrected chi connectivity index (χ2v) is 4.10. The first-order valence-corrected chi connectivity index (χ1v) is 5.69. The van der Waals surface area contributed by atoms with Crippen LogP contribution in [0.3, 0.4) is 0 Å². The van der Waals surface area contributed by atoms with E-state index in [1.807, 2.05) is 0 Å². The Morgan fingerprint density at radius 1 is 1.21 bits per heavy atom. The molecule has 0 aliphatic heterocycles. The number of amides is 1. The molecule has 0 saturated carbocycles. The van der Waals surface area contributed by atoms with Crippen LogP contribution in [0.4, 0.5) is 23.2 Å². The predicted molar refractivity (Wildman–Crippen MR) is 63.1 cm³/mol. The summed E-state index contributed by atoms with van der Waals surface area (Å²) in [5.41, 5.74) is 5.54. The lowest BCUT2D eigenvalue weighted by Crippen LogP contribution is -2.25. The van der Waals surface area contributed by atoms with Crippen LogP contribution in [0.5, 0.6) is 0 Å². The number of hydrogen-bond donors (Lipinski definition) is 2. The largest absolute Gasteiger partial charge is 0.399 e. The topological polar surface area (TPSA) is 55.1 Å². The van der Waals surface area contributed by atoms with Crippen molar-refractivity contribution < 1.29 is 22.4 Å². The molecule has 0 bridgehead atoms. The Labute approximate surface area is 107 Å². The average Bonchev–Trinajstić information content (AvgIpc) is 2.25. The molecule has 1 rings (SSSR count). The molecule has 19 heavy (non-hydrogen) atoms. The van der Waals surface area contributed by atoms with Gasteiger partial charge >= 0.3 is 6.18 Å². The lowest BCUT2D eigenvalue weighted by atomic mass is 10.1. The van der Waals surface area contributed by atoms with Gasteiger partial charge in [-0.15, -0.1) is 0 Å². The minimum Gasteiger partial charge on any atom is -0.399 e. The van der Waals surface area contributed by atoms with Gasteiger partial charge < -0.3 is 11.1 Å². The van der Waals surface area contributed by atoms with Crippen LogP contribution in [0, 0.1) is 5.82 Å². The molecule has 0 fully saturated rings. The van der Waals surface area contributed by atoms with Crippen LogP contribution in [0.25, 0.3) is 0 Å². The molecule has 0 radical (unpaired) electrons. The number of halogens is 4. The summed E-state index contributed by atoms with van der Waals surface area (Å²) in [7, 11) is 0. The SMILES string of the molecule is Nc1cc(F)cc(C(=O)NCCCCC(F)(F)F)c1. The quantitative estimate of drug-likeness (QED) is 0.494. The van der Waals surface area contributed by atoms with Gasteiger partial charge in [-0.2, -0.15) is 13.2 Å². The first-order chi connectivity index (χ1) is 8.78. The number of hydrogen-bond acceptors (Lipinski definition) is 2. The minimum absolute atomic E-state index is 0.0494. The summed E-state index contributed by atoms with van der Waals surface area (Å²) < 4.78 is 48.5. The van der Waals surface area contributed by atoms with E-state index < -0.39 is 24.3 Å². The molecule has 1 aromatic carbocycles. The Morgan fingerprint density at radius 2 is 1.89 bits per heavy atom. The summed E-state index contributed by atoms with van der Waals surface area (Å²) in [5.74, 6) is -1.19. The predicted octanol–water partition coefficient (Wildman–Crippen LogP) is 2.87. The number of alkyl halides is 3. The molecule has 0 aliphatic rings. The zero-order valence-corrected chi connectivity index (χ0v) is 10.1. The number of benzene rings is 1. The molecule has 0 atom stereocenters. The van der Waals surface area contributed by atoms with Gasteiger partial charge in [0, 0.05) is 24.2 Å². The summed E-state index contributed by atoms with van der Waals surface area (Å²) in [6.07, 6.45) is -4.91. The van der Waals surface area contributed by atoms with E-state index in [0.717, 1.165) is 12.1 Å². The van der Waals surface area contributed by atoms with Crippen molar-refractivity contribution in [3.63, 3.8) is 0 Å². The first-order valence-electron chi connectivity index (χ1n) is 5.69. The number of nitrogen functional groups attached to an aromatic ring is 1. The monoisotopic (exact) mass is 278 g/mol. The van der Waals surface area contributed by atoms with Gasteiger partial charge in [-0.3, -0.25) is 4.79 Å². The Kier molecular flexibility index (Phi) is 5.14. The van der Waals surface area contributed by atoms with Gasteiger partial charge in [0.25, 0.3) is 5.91 Å². The molecule has 0 spiro atoms. The number of anilines is 1. The van der Waals surface area contributed by atoms with Gasteiger partial charge in [-0.05, 0) is 31.0 Å². The Bertz CT molecular complexity index is 426. The fourth-order valence-electron chi connectivity index (χ4n) is 1.50. The van der Waals surface area contributed by atoms with E-state index >= 15 is 0 Å². The van der Waals surface area contributed by atoms with Crippen molar-refractivity contribution in [2.75, 3.05) is 12.3 Å². The van der Waals surface area contributed by atoms with Crippen LogP contribution < -0.4 is 11.1 Å². The maximum absolute atomic E-state index is 13.0. The van der Waals surface area contributed by atoms with Crippen LogP contribution in [0.15, 0.2) is 18.2 Å². The van der Waals surface area contributed by atoms with Crippen LogP contribution in [0.1, 0.15) is 29.6 Å². The molecular weight excluding hydrogens is 264 g/mol. The van der Waals surface area contributed by atoms with E-state index in [1.165, 1.54) is 6.07 Å². The van der Waals surface area contributed by atoms with Crippen molar-refractivity contribution in [3.8, 4) is 0 Å². The molecule has 106 valence electrons. The summed E-state index contributed by atoms with van der Waals surface area (Å²) in [5, 5.41) is 2.41. The molecule has 0 aliphatic carbocycles. The highest BCUT2D eigenvalue weighted by atomic mass is 19.4. The first kappa shape index (κ1) is 15.3. The van der Waals surface area contributed by atoms with E-state index in [0.29, 0.717) is 0 Å². The molecular formula is C12H14F4N2O. The Hall–Kier alpha value is -1.79. The summed E-state index contributed by atoms with van der Waals surface area (Å²) in [6.45, 7) is 0.103.